The minimum absolute atomic E-state index is 0.0109. The van der Waals surface area contributed by atoms with Gasteiger partial charge in [-0.2, -0.15) is 0 Å². The number of carbonyl (C=O) groups excluding carboxylic acids is 3. The van der Waals surface area contributed by atoms with Crippen LogP contribution in [0.15, 0.2) is 12.2 Å². The van der Waals surface area contributed by atoms with Crippen molar-refractivity contribution in [2.45, 2.75) is 46.5 Å². The van der Waals surface area contributed by atoms with Crippen LogP contribution < -0.4 is 5.32 Å². The normalized spacial score (nSPS) is 12.3. The molecule has 4 nitrogen and oxygen atoms in total. The maximum absolute atomic E-state index is 11.8. The first-order chi connectivity index (χ1) is 9.47. The highest BCUT2D eigenvalue weighted by Crippen LogP contribution is 2.12. The number of amides is 1. The third kappa shape index (κ3) is 10.8. The van der Waals surface area contributed by atoms with Crippen LogP contribution >= 0.6 is 11.8 Å². The molecular weight excluding hydrogens is 274 g/mol. The van der Waals surface area contributed by atoms with Gasteiger partial charge in [-0.05, 0) is 12.8 Å². The van der Waals surface area contributed by atoms with Gasteiger partial charge < -0.3 is 5.32 Å². The zero-order chi connectivity index (χ0) is 15.4. The summed E-state index contributed by atoms with van der Waals surface area (Å²) in [5, 5.41) is 2.49. The topological polar surface area (TPSA) is 63.2 Å². The number of unbranched alkanes of at least 4 members (excludes halogenated alkanes) is 1. The highest BCUT2D eigenvalue weighted by atomic mass is 32.2. The van der Waals surface area contributed by atoms with Crippen LogP contribution in [0.25, 0.3) is 0 Å². The standard InChI is InChI=1S/C15H25NO3S/c1-4-5-6-7-8-12(2)14(18)11-15(19)20-10-9-16-13(3)17/h6-7,12H,4-5,8-11H2,1-3H3,(H,16,17)/b7-6+. The molecule has 0 aromatic rings. The molecule has 0 fully saturated rings. The zero-order valence-corrected chi connectivity index (χ0v) is 13.4. The predicted octanol–water partition coefficient (Wildman–Crippen LogP) is 2.72. The average molecular weight is 299 g/mol. The highest BCUT2D eigenvalue weighted by molar-refractivity contribution is 8.13. The summed E-state index contributed by atoms with van der Waals surface area (Å²) in [5.74, 6) is 0.281. The van der Waals surface area contributed by atoms with Crippen molar-refractivity contribution in [3.05, 3.63) is 12.2 Å². The van der Waals surface area contributed by atoms with Crippen molar-refractivity contribution in [3.8, 4) is 0 Å². The maximum atomic E-state index is 11.8. The Kier molecular flexibility index (Phi) is 11.1. The number of ketones is 1. The Morgan fingerprint density at radius 3 is 2.55 bits per heavy atom. The lowest BCUT2D eigenvalue weighted by Gasteiger charge is -2.07. The number of nitrogens with one attached hydrogen (secondary N) is 1. The van der Waals surface area contributed by atoms with E-state index >= 15 is 0 Å². The summed E-state index contributed by atoms with van der Waals surface area (Å²) in [4.78, 5) is 34.0. The van der Waals surface area contributed by atoms with E-state index in [0.29, 0.717) is 18.7 Å². The Labute approximate surface area is 125 Å². The van der Waals surface area contributed by atoms with E-state index in [2.05, 4.69) is 18.3 Å². The second kappa shape index (κ2) is 11.7. The van der Waals surface area contributed by atoms with Crippen LogP contribution in [0.5, 0.6) is 0 Å². The van der Waals surface area contributed by atoms with Crippen molar-refractivity contribution >= 4 is 28.6 Å². The van der Waals surface area contributed by atoms with Crippen LogP contribution in [-0.2, 0) is 14.4 Å². The number of Topliss-reactive ketones (excluding diaryl/α,β-unsaturated/α-hetero) is 1. The summed E-state index contributed by atoms with van der Waals surface area (Å²) >= 11 is 1.10. The van der Waals surface area contributed by atoms with Gasteiger partial charge in [0, 0.05) is 25.1 Å². The van der Waals surface area contributed by atoms with Gasteiger partial charge in [-0.15, -0.1) is 0 Å². The number of thioether (sulfide) groups is 1. The SMILES string of the molecule is CCC/C=C/CC(C)C(=O)CC(=O)SCCNC(C)=O. The first kappa shape index (κ1) is 18.9. The van der Waals surface area contributed by atoms with E-state index in [1.807, 2.05) is 13.0 Å². The van der Waals surface area contributed by atoms with E-state index in [1.54, 1.807) is 0 Å². The van der Waals surface area contributed by atoms with Gasteiger partial charge in [-0.1, -0.05) is 44.2 Å². The second-order valence-corrected chi connectivity index (χ2v) is 5.90. The van der Waals surface area contributed by atoms with Gasteiger partial charge in [0.2, 0.25) is 5.91 Å². The number of carbonyl (C=O) groups is 3. The van der Waals surface area contributed by atoms with Crippen LogP contribution in [0.3, 0.4) is 0 Å². The summed E-state index contributed by atoms with van der Waals surface area (Å²) < 4.78 is 0. The molecule has 0 radical (unpaired) electrons. The van der Waals surface area contributed by atoms with Gasteiger partial charge >= 0.3 is 0 Å². The number of hydrogen-bond acceptors (Lipinski definition) is 4. The lowest BCUT2D eigenvalue weighted by Crippen LogP contribution is -2.23. The fraction of sp³-hybridized carbons (Fsp3) is 0.667. The maximum Gasteiger partial charge on any atom is 0.216 e. The minimum atomic E-state index is -0.121. The third-order valence-electron chi connectivity index (χ3n) is 2.72. The Balaban J connectivity index is 3.82. The second-order valence-electron chi connectivity index (χ2n) is 4.74. The van der Waals surface area contributed by atoms with Gasteiger partial charge in [0.15, 0.2) is 5.12 Å². The fourth-order valence-electron chi connectivity index (χ4n) is 1.48. The van der Waals surface area contributed by atoms with Crippen molar-refractivity contribution in [2.24, 2.45) is 5.92 Å². The highest BCUT2D eigenvalue weighted by Gasteiger charge is 2.15. The van der Waals surface area contributed by atoms with Gasteiger partial charge in [-0.25, -0.2) is 0 Å². The molecule has 114 valence electrons. The van der Waals surface area contributed by atoms with Gasteiger partial charge in [0.05, 0.1) is 6.42 Å². The molecule has 1 amide bonds. The van der Waals surface area contributed by atoms with Crippen molar-refractivity contribution in [1.82, 2.24) is 5.32 Å². The quantitative estimate of drug-likeness (QED) is 0.383. The van der Waals surface area contributed by atoms with Gasteiger partial charge in [-0.3, -0.25) is 14.4 Å². The Morgan fingerprint density at radius 1 is 1.25 bits per heavy atom. The Morgan fingerprint density at radius 2 is 1.95 bits per heavy atom. The molecule has 0 aromatic heterocycles. The van der Waals surface area contributed by atoms with Gasteiger partial charge in [0.25, 0.3) is 0 Å². The van der Waals surface area contributed by atoms with E-state index in [1.165, 1.54) is 6.92 Å². The smallest absolute Gasteiger partial charge is 0.216 e. The Hall–Kier alpha value is -1.10. The van der Waals surface area contributed by atoms with Crippen LogP contribution in [0, 0.1) is 5.92 Å². The van der Waals surface area contributed by atoms with Crippen molar-refractivity contribution in [1.29, 1.82) is 0 Å². The molecule has 0 heterocycles. The van der Waals surface area contributed by atoms with Crippen molar-refractivity contribution in [3.63, 3.8) is 0 Å². The monoisotopic (exact) mass is 299 g/mol. The minimum Gasteiger partial charge on any atom is -0.356 e. The molecule has 0 saturated carbocycles. The van der Waals surface area contributed by atoms with Crippen LogP contribution in [-0.4, -0.2) is 29.1 Å². The van der Waals surface area contributed by atoms with Crippen molar-refractivity contribution in [2.75, 3.05) is 12.3 Å². The molecular formula is C15H25NO3S. The molecule has 5 heteroatoms. The van der Waals surface area contributed by atoms with E-state index in [-0.39, 0.29) is 29.1 Å². The predicted molar refractivity (Wildman–Crippen MR) is 83.6 cm³/mol. The van der Waals surface area contributed by atoms with Crippen LogP contribution in [0.2, 0.25) is 0 Å². The van der Waals surface area contributed by atoms with Crippen LogP contribution in [0.1, 0.15) is 46.5 Å². The zero-order valence-electron chi connectivity index (χ0n) is 12.6. The molecule has 0 aromatic carbocycles. The first-order valence-electron chi connectivity index (χ1n) is 7.05. The summed E-state index contributed by atoms with van der Waals surface area (Å²) in [6.07, 6.45) is 6.89. The van der Waals surface area contributed by atoms with E-state index in [9.17, 15) is 14.4 Å². The number of rotatable bonds is 10. The van der Waals surface area contributed by atoms with E-state index < -0.39 is 0 Å². The Bertz CT molecular complexity index is 353. The largest absolute Gasteiger partial charge is 0.356 e. The summed E-state index contributed by atoms with van der Waals surface area (Å²) in [7, 11) is 0. The summed E-state index contributed by atoms with van der Waals surface area (Å²) in [5.41, 5.74) is 0. The number of allylic oxidation sites excluding steroid dienone is 2. The first-order valence-corrected chi connectivity index (χ1v) is 8.03. The van der Waals surface area contributed by atoms with Crippen LogP contribution in [0.4, 0.5) is 0 Å². The lowest BCUT2D eigenvalue weighted by molar-refractivity contribution is -0.126. The van der Waals surface area contributed by atoms with E-state index in [4.69, 9.17) is 0 Å². The third-order valence-corrected chi connectivity index (χ3v) is 3.59. The fourth-order valence-corrected chi connectivity index (χ4v) is 2.15. The molecule has 1 atom stereocenters. The molecule has 0 aliphatic carbocycles. The lowest BCUT2D eigenvalue weighted by atomic mass is 10.0. The molecule has 0 saturated heterocycles. The molecule has 20 heavy (non-hydrogen) atoms. The molecule has 0 aliphatic rings. The molecule has 0 aliphatic heterocycles. The molecule has 1 unspecified atom stereocenters. The van der Waals surface area contributed by atoms with Gasteiger partial charge in [0.1, 0.15) is 5.78 Å². The average Bonchev–Trinajstić information content (AvgIpc) is 2.39. The molecule has 0 spiro atoms. The molecule has 0 bridgehead atoms. The molecule has 0 rings (SSSR count). The molecule has 1 N–H and O–H groups in total. The van der Waals surface area contributed by atoms with E-state index in [0.717, 1.165) is 24.6 Å². The number of hydrogen-bond donors (Lipinski definition) is 1. The van der Waals surface area contributed by atoms with Crippen molar-refractivity contribution < 1.29 is 14.4 Å². The summed E-state index contributed by atoms with van der Waals surface area (Å²) in [6.45, 7) is 5.85. The summed E-state index contributed by atoms with van der Waals surface area (Å²) in [6, 6.07) is 0.